The Morgan fingerprint density at radius 2 is 1.86 bits per heavy atom. The molecule has 1 heterocycles. The standard InChI is InChI=1S/C13H14N4O3S/c1-9(18)16-10-2-4-11(5-3-10)21(19,20)17-13-6-7-15-8-12(13)14/h2-8H,14H2,1H3,(H,15,17)(H,16,18). The van der Waals surface area contributed by atoms with Crippen LogP contribution in [0.2, 0.25) is 0 Å². The van der Waals surface area contributed by atoms with Crippen LogP contribution >= 0.6 is 0 Å². The van der Waals surface area contributed by atoms with Gasteiger partial charge in [-0.2, -0.15) is 0 Å². The lowest BCUT2D eigenvalue weighted by Crippen LogP contribution is -2.14. The number of carbonyl (C=O) groups is 1. The van der Waals surface area contributed by atoms with Gasteiger partial charge in [-0.15, -0.1) is 0 Å². The zero-order valence-electron chi connectivity index (χ0n) is 11.2. The summed E-state index contributed by atoms with van der Waals surface area (Å²) in [5, 5.41) is 2.56. The van der Waals surface area contributed by atoms with Crippen molar-refractivity contribution in [3.63, 3.8) is 0 Å². The van der Waals surface area contributed by atoms with Gasteiger partial charge in [-0.25, -0.2) is 8.42 Å². The number of amides is 1. The number of hydrogen-bond acceptors (Lipinski definition) is 5. The maximum absolute atomic E-state index is 12.2. The van der Waals surface area contributed by atoms with Gasteiger partial charge in [0.25, 0.3) is 10.0 Å². The maximum atomic E-state index is 12.2. The van der Waals surface area contributed by atoms with Crippen molar-refractivity contribution < 1.29 is 13.2 Å². The number of carbonyl (C=O) groups excluding carboxylic acids is 1. The number of hydrogen-bond donors (Lipinski definition) is 3. The number of rotatable bonds is 4. The molecule has 21 heavy (non-hydrogen) atoms. The quantitative estimate of drug-likeness (QED) is 0.790. The number of nitrogens with one attached hydrogen (secondary N) is 2. The first-order chi connectivity index (χ1) is 9.88. The molecule has 110 valence electrons. The maximum Gasteiger partial charge on any atom is 0.261 e. The smallest absolute Gasteiger partial charge is 0.261 e. The molecule has 8 heteroatoms. The Morgan fingerprint density at radius 1 is 1.19 bits per heavy atom. The molecule has 1 aromatic heterocycles. The molecular formula is C13H14N4O3S. The first-order valence-electron chi connectivity index (χ1n) is 5.98. The number of anilines is 3. The minimum atomic E-state index is -3.75. The lowest BCUT2D eigenvalue weighted by molar-refractivity contribution is -0.114. The van der Waals surface area contributed by atoms with E-state index in [2.05, 4.69) is 15.0 Å². The van der Waals surface area contributed by atoms with Gasteiger partial charge in [0.1, 0.15) is 0 Å². The molecule has 0 atom stereocenters. The molecule has 4 N–H and O–H groups in total. The summed E-state index contributed by atoms with van der Waals surface area (Å²) < 4.78 is 26.8. The lowest BCUT2D eigenvalue weighted by Gasteiger charge is -2.10. The normalized spacial score (nSPS) is 10.9. The van der Waals surface area contributed by atoms with Crippen LogP contribution < -0.4 is 15.8 Å². The Labute approximate surface area is 122 Å². The molecule has 0 radical (unpaired) electrons. The van der Waals surface area contributed by atoms with E-state index in [-0.39, 0.29) is 22.2 Å². The third-order valence-electron chi connectivity index (χ3n) is 2.58. The molecule has 7 nitrogen and oxygen atoms in total. The zero-order valence-corrected chi connectivity index (χ0v) is 12.0. The van der Waals surface area contributed by atoms with Gasteiger partial charge in [0.2, 0.25) is 5.91 Å². The number of nitrogens with zero attached hydrogens (tertiary/aromatic N) is 1. The van der Waals surface area contributed by atoms with E-state index in [1.54, 1.807) is 0 Å². The van der Waals surface area contributed by atoms with Crippen LogP contribution in [0.4, 0.5) is 17.1 Å². The highest BCUT2D eigenvalue weighted by atomic mass is 32.2. The number of aromatic nitrogens is 1. The molecule has 0 spiro atoms. The zero-order chi connectivity index (χ0) is 15.5. The SMILES string of the molecule is CC(=O)Nc1ccc(S(=O)(=O)Nc2ccncc2N)cc1. The lowest BCUT2D eigenvalue weighted by atomic mass is 10.3. The second-order valence-electron chi connectivity index (χ2n) is 4.27. The van der Waals surface area contributed by atoms with Crippen molar-refractivity contribution >= 4 is 33.0 Å². The summed E-state index contributed by atoms with van der Waals surface area (Å²) in [5.74, 6) is -0.228. The molecule has 0 fully saturated rings. The van der Waals surface area contributed by atoms with Crippen molar-refractivity contribution in [2.24, 2.45) is 0 Å². The van der Waals surface area contributed by atoms with Crippen LogP contribution in [0.15, 0.2) is 47.6 Å². The van der Waals surface area contributed by atoms with Gasteiger partial charge in [0.15, 0.2) is 0 Å². The first kappa shape index (κ1) is 14.8. The van der Waals surface area contributed by atoms with E-state index in [1.165, 1.54) is 49.6 Å². The minimum Gasteiger partial charge on any atom is -0.396 e. The molecule has 0 aliphatic rings. The molecule has 2 aromatic rings. The molecule has 0 aliphatic carbocycles. The number of sulfonamides is 1. The van der Waals surface area contributed by atoms with Gasteiger partial charge in [0.05, 0.1) is 22.5 Å². The van der Waals surface area contributed by atoms with Crippen molar-refractivity contribution in [2.75, 3.05) is 15.8 Å². The fourth-order valence-electron chi connectivity index (χ4n) is 1.62. The summed E-state index contributed by atoms with van der Waals surface area (Å²) in [5.41, 5.74) is 6.66. The molecule has 0 saturated heterocycles. The predicted molar refractivity (Wildman–Crippen MR) is 80.2 cm³/mol. The van der Waals surface area contributed by atoms with Gasteiger partial charge in [-0.3, -0.25) is 14.5 Å². The van der Waals surface area contributed by atoms with E-state index in [1.807, 2.05) is 0 Å². The molecule has 2 rings (SSSR count). The Bertz CT molecular complexity index is 757. The summed E-state index contributed by atoms with van der Waals surface area (Å²) >= 11 is 0. The van der Waals surface area contributed by atoms with Crippen molar-refractivity contribution in [3.05, 3.63) is 42.7 Å². The molecule has 1 amide bonds. The van der Waals surface area contributed by atoms with Crippen molar-refractivity contribution in [1.29, 1.82) is 0 Å². The van der Waals surface area contributed by atoms with E-state index in [0.717, 1.165) is 0 Å². The summed E-state index contributed by atoms with van der Waals surface area (Å²) in [4.78, 5) is 14.8. The first-order valence-corrected chi connectivity index (χ1v) is 7.47. The summed E-state index contributed by atoms with van der Waals surface area (Å²) in [6.45, 7) is 1.37. The average Bonchev–Trinajstić information content (AvgIpc) is 2.41. The van der Waals surface area contributed by atoms with Crippen molar-refractivity contribution in [2.45, 2.75) is 11.8 Å². The minimum absolute atomic E-state index is 0.0628. The van der Waals surface area contributed by atoms with E-state index in [9.17, 15) is 13.2 Å². The molecule has 0 unspecified atom stereocenters. The third-order valence-corrected chi connectivity index (χ3v) is 3.96. The molecule has 0 saturated carbocycles. The van der Waals surface area contributed by atoms with Gasteiger partial charge < -0.3 is 11.1 Å². The van der Waals surface area contributed by atoms with Gasteiger partial charge in [-0.1, -0.05) is 0 Å². The van der Waals surface area contributed by atoms with Crippen molar-refractivity contribution in [3.8, 4) is 0 Å². The fraction of sp³-hybridized carbons (Fsp3) is 0.0769. The van der Waals surface area contributed by atoms with Crippen LogP contribution in [0.3, 0.4) is 0 Å². The second kappa shape index (κ2) is 5.80. The van der Waals surface area contributed by atoms with Crippen LogP contribution in [0.1, 0.15) is 6.92 Å². The second-order valence-corrected chi connectivity index (χ2v) is 5.96. The molecule has 1 aromatic carbocycles. The molecular weight excluding hydrogens is 292 g/mol. The highest BCUT2D eigenvalue weighted by Gasteiger charge is 2.15. The van der Waals surface area contributed by atoms with Crippen molar-refractivity contribution in [1.82, 2.24) is 4.98 Å². The van der Waals surface area contributed by atoms with E-state index >= 15 is 0 Å². The van der Waals surface area contributed by atoms with Gasteiger partial charge in [-0.05, 0) is 30.3 Å². The Balaban J connectivity index is 2.24. The van der Waals surface area contributed by atoms with Gasteiger partial charge >= 0.3 is 0 Å². The van der Waals surface area contributed by atoms with E-state index < -0.39 is 10.0 Å². The van der Waals surface area contributed by atoms with E-state index in [4.69, 9.17) is 5.73 Å². The highest BCUT2D eigenvalue weighted by molar-refractivity contribution is 7.92. The van der Waals surface area contributed by atoms with Crippen LogP contribution in [0, 0.1) is 0 Å². The monoisotopic (exact) mass is 306 g/mol. The van der Waals surface area contributed by atoms with Crippen LogP contribution in [0.25, 0.3) is 0 Å². The Kier molecular flexibility index (Phi) is 4.08. The topological polar surface area (TPSA) is 114 Å². The van der Waals surface area contributed by atoms with E-state index in [0.29, 0.717) is 5.69 Å². The summed E-state index contributed by atoms with van der Waals surface area (Å²) in [7, 11) is -3.75. The Hall–Kier alpha value is -2.61. The highest BCUT2D eigenvalue weighted by Crippen LogP contribution is 2.21. The molecule has 0 bridgehead atoms. The Morgan fingerprint density at radius 3 is 2.43 bits per heavy atom. The number of nitrogens with two attached hydrogens (primary N) is 1. The number of pyridine rings is 1. The number of nitrogen functional groups attached to an aromatic ring is 1. The summed E-state index contributed by atoms with van der Waals surface area (Å²) in [6.07, 6.45) is 2.80. The fourth-order valence-corrected chi connectivity index (χ4v) is 2.71. The van der Waals surface area contributed by atoms with Crippen LogP contribution in [0.5, 0.6) is 0 Å². The predicted octanol–water partition coefficient (Wildman–Crippen LogP) is 1.42. The van der Waals surface area contributed by atoms with Gasteiger partial charge in [0, 0.05) is 18.8 Å². The number of benzene rings is 1. The largest absolute Gasteiger partial charge is 0.396 e. The van der Waals surface area contributed by atoms with Crippen LogP contribution in [-0.4, -0.2) is 19.3 Å². The summed E-state index contributed by atoms with van der Waals surface area (Å²) in [6, 6.07) is 7.27. The van der Waals surface area contributed by atoms with Crippen LogP contribution in [-0.2, 0) is 14.8 Å². The molecule has 0 aliphatic heterocycles. The average molecular weight is 306 g/mol. The third kappa shape index (κ3) is 3.69.